The van der Waals surface area contributed by atoms with E-state index in [2.05, 4.69) is 59.7 Å². The molecule has 30 heavy (non-hydrogen) atoms. The topological polar surface area (TPSA) is 20.2 Å². The average Bonchev–Trinajstić information content (AvgIpc) is 3.25. The minimum absolute atomic E-state index is 0.352. The Morgan fingerprint density at radius 2 is 1.63 bits per heavy atom. The van der Waals surface area contributed by atoms with Gasteiger partial charge in [0.05, 0.1) is 0 Å². The average molecular weight is 405 g/mol. The Bertz CT molecular complexity index is 1400. The molecule has 0 atom stereocenters. The van der Waals surface area contributed by atoms with Crippen LogP contribution in [0.2, 0.25) is 0 Å². The Morgan fingerprint density at radius 3 is 2.53 bits per heavy atom. The van der Waals surface area contributed by atoms with Crippen molar-refractivity contribution in [1.29, 1.82) is 0 Å². The lowest BCUT2D eigenvalue weighted by molar-refractivity contribution is 0.476. The summed E-state index contributed by atoms with van der Waals surface area (Å²) in [6.07, 6.45) is 1.42. The summed E-state index contributed by atoms with van der Waals surface area (Å²) in [5.74, 6) is 6.83. The van der Waals surface area contributed by atoms with Gasteiger partial charge in [-0.3, -0.25) is 0 Å². The third kappa shape index (κ3) is 3.81. The molecule has 5 aromatic rings. The molecule has 0 aliphatic carbocycles. The van der Waals surface area contributed by atoms with E-state index in [9.17, 15) is 5.11 Å². The number of phenolic OH excluding ortho intramolecular Hbond substituents is 1. The van der Waals surface area contributed by atoms with Crippen LogP contribution in [0.3, 0.4) is 0 Å². The van der Waals surface area contributed by atoms with Crippen LogP contribution in [0.4, 0.5) is 0 Å². The lowest BCUT2D eigenvalue weighted by Gasteiger charge is -2.09. The molecule has 0 amide bonds. The number of hydrogen-bond donors (Lipinski definition) is 1. The van der Waals surface area contributed by atoms with Gasteiger partial charge in [-0.25, -0.2) is 0 Å². The maximum Gasteiger partial charge on any atom is 0.126 e. The fraction of sp³-hybridized carbons (Fsp3) is 0.0714. The van der Waals surface area contributed by atoms with E-state index in [4.69, 9.17) is 0 Å². The number of phenols is 1. The molecule has 0 saturated carbocycles. The summed E-state index contributed by atoms with van der Waals surface area (Å²) in [5, 5.41) is 16.2. The summed E-state index contributed by atoms with van der Waals surface area (Å²) in [4.78, 5) is 0. The largest absolute Gasteiger partial charge is 0.507 e. The number of rotatable bonds is 3. The molecule has 0 unspecified atom stereocenters. The molecular formula is C28H20OS. The van der Waals surface area contributed by atoms with Crippen LogP contribution in [0.1, 0.15) is 22.3 Å². The van der Waals surface area contributed by atoms with Crippen LogP contribution in [-0.4, -0.2) is 5.11 Å². The first kappa shape index (κ1) is 18.5. The zero-order valence-electron chi connectivity index (χ0n) is 16.4. The third-order valence-corrected chi connectivity index (χ3v) is 6.25. The molecular weight excluding hydrogens is 384 g/mol. The zero-order valence-corrected chi connectivity index (χ0v) is 17.2. The molecule has 2 heteroatoms. The van der Waals surface area contributed by atoms with Gasteiger partial charge in [-0.05, 0) is 63.2 Å². The van der Waals surface area contributed by atoms with Crippen LogP contribution in [0.25, 0.3) is 20.9 Å². The molecule has 0 aliphatic heterocycles. The van der Waals surface area contributed by atoms with Crippen molar-refractivity contribution in [3.8, 4) is 17.6 Å². The summed E-state index contributed by atoms with van der Waals surface area (Å²) in [5.41, 5.74) is 4.27. The number of fused-ring (bicyclic) bond motifs is 2. The molecule has 1 N–H and O–H groups in total. The summed E-state index contributed by atoms with van der Waals surface area (Å²) in [6.45, 7) is 0. The van der Waals surface area contributed by atoms with Crippen molar-refractivity contribution in [3.63, 3.8) is 0 Å². The van der Waals surface area contributed by atoms with Crippen molar-refractivity contribution in [3.05, 3.63) is 113 Å². The van der Waals surface area contributed by atoms with Crippen LogP contribution in [-0.2, 0) is 12.8 Å². The molecule has 1 heterocycles. The van der Waals surface area contributed by atoms with Crippen LogP contribution < -0.4 is 0 Å². The number of hydrogen-bond acceptors (Lipinski definition) is 2. The molecule has 1 nitrogen and oxygen atoms in total. The normalized spacial score (nSPS) is 10.8. The van der Waals surface area contributed by atoms with E-state index in [1.54, 1.807) is 11.3 Å². The molecule has 0 spiro atoms. The monoisotopic (exact) mass is 404 g/mol. The Hall–Kier alpha value is -3.54. The van der Waals surface area contributed by atoms with Gasteiger partial charge < -0.3 is 5.11 Å². The summed E-state index contributed by atoms with van der Waals surface area (Å²) < 4.78 is 1.29. The van der Waals surface area contributed by atoms with Gasteiger partial charge in [0, 0.05) is 28.5 Å². The maximum atomic E-state index is 11.0. The van der Waals surface area contributed by atoms with Crippen LogP contribution >= 0.6 is 11.3 Å². The predicted octanol–water partition coefficient (Wildman–Crippen LogP) is 6.95. The van der Waals surface area contributed by atoms with Gasteiger partial charge in [-0.2, -0.15) is 0 Å². The first-order valence-electron chi connectivity index (χ1n) is 10.00. The van der Waals surface area contributed by atoms with Gasteiger partial charge >= 0.3 is 0 Å². The molecule has 0 radical (unpaired) electrons. The number of thiophene rings is 1. The summed E-state index contributed by atoms with van der Waals surface area (Å²) in [7, 11) is 0. The minimum Gasteiger partial charge on any atom is -0.507 e. The van der Waals surface area contributed by atoms with Crippen molar-refractivity contribution in [2.45, 2.75) is 12.8 Å². The predicted molar refractivity (Wildman–Crippen MR) is 127 cm³/mol. The van der Waals surface area contributed by atoms with Gasteiger partial charge in [0.1, 0.15) is 5.75 Å². The fourth-order valence-electron chi connectivity index (χ4n) is 3.76. The summed E-state index contributed by atoms with van der Waals surface area (Å²) in [6, 6.07) is 29.0. The molecule has 0 aliphatic rings. The fourth-order valence-corrected chi connectivity index (χ4v) is 4.53. The standard InChI is InChI=1S/C28H20OS/c29-28-25(18-22-10-14-27-24(17-22)15-16-30-27)13-12-23-11-9-21(19-26(23)28)8-4-7-20-5-2-1-3-6-20/h1-3,5-6,9-17,19,29H,7,18H2. The summed E-state index contributed by atoms with van der Waals surface area (Å²) >= 11 is 1.75. The zero-order chi connectivity index (χ0) is 20.3. The van der Waals surface area contributed by atoms with Gasteiger partial charge in [-0.15, -0.1) is 11.3 Å². The second-order valence-electron chi connectivity index (χ2n) is 7.44. The van der Waals surface area contributed by atoms with Crippen molar-refractivity contribution in [2.24, 2.45) is 0 Å². The van der Waals surface area contributed by atoms with E-state index in [1.165, 1.54) is 21.2 Å². The molecule has 1 aromatic heterocycles. The molecule has 0 bridgehead atoms. The molecule has 0 saturated heterocycles. The van der Waals surface area contributed by atoms with Gasteiger partial charge in [-0.1, -0.05) is 66.4 Å². The van der Waals surface area contributed by atoms with Crippen molar-refractivity contribution in [1.82, 2.24) is 0 Å². The van der Waals surface area contributed by atoms with Crippen molar-refractivity contribution in [2.75, 3.05) is 0 Å². The van der Waals surface area contributed by atoms with Gasteiger partial charge in [0.15, 0.2) is 0 Å². The lowest BCUT2D eigenvalue weighted by Crippen LogP contribution is -1.90. The highest BCUT2D eigenvalue weighted by Gasteiger charge is 2.09. The Morgan fingerprint density at radius 1 is 0.767 bits per heavy atom. The minimum atomic E-state index is 0.352. The van der Waals surface area contributed by atoms with Gasteiger partial charge in [0.25, 0.3) is 0 Å². The highest BCUT2D eigenvalue weighted by molar-refractivity contribution is 7.17. The van der Waals surface area contributed by atoms with Crippen LogP contribution in [0.5, 0.6) is 5.75 Å². The maximum absolute atomic E-state index is 11.0. The SMILES string of the molecule is Oc1c(Cc2ccc3sccc3c2)ccc2ccc(C#CCc3ccccc3)cc12. The van der Waals surface area contributed by atoms with E-state index >= 15 is 0 Å². The molecule has 5 rings (SSSR count). The molecule has 144 valence electrons. The first-order valence-corrected chi connectivity index (χ1v) is 10.9. The highest BCUT2D eigenvalue weighted by Crippen LogP contribution is 2.32. The van der Waals surface area contributed by atoms with Crippen LogP contribution in [0.15, 0.2) is 90.3 Å². The first-order chi connectivity index (χ1) is 14.8. The lowest BCUT2D eigenvalue weighted by atomic mass is 9.98. The van der Waals surface area contributed by atoms with Crippen LogP contribution in [0, 0.1) is 11.8 Å². The van der Waals surface area contributed by atoms with Crippen molar-refractivity contribution >= 4 is 32.2 Å². The van der Waals surface area contributed by atoms with E-state index in [0.29, 0.717) is 12.2 Å². The third-order valence-electron chi connectivity index (χ3n) is 5.36. The van der Waals surface area contributed by atoms with Gasteiger partial charge in [0.2, 0.25) is 0 Å². The Labute approximate surface area is 180 Å². The Kier molecular flexibility index (Phi) is 4.97. The Balaban J connectivity index is 1.44. The van der Waals surface area contributed by atoms with E-state index < -0.39 is 0 Å². The quantitative estimate of drug-likeness (QED) is 0.323. The molecule has 0 fully saturated rings. The molecule has 4 aromatic carbocycles. The van der Waals surface area contributed by atoms with Crippen molar-refractivity contribution < 1.29 is 5.11 Å². The van der Waals surface area contributed by atoms with E-state index in [0.717, 1.165) is 28.3 Å². The number of benzene rings is 4. The van der Waals surface area contributed by atoms with E-state index in [-0.39, 0.29) is 0 Å². The van der Waals surface area contributed by atoms with E-state index in [1.807, 2.05) is 42.5 Å². The highest BCUT2D eigenvalue weighted by atomic mass is 32.1. The smallest absolute Gasteiger partial charge is 0.126 e. The second-order valence-corrected chi connectivity index (χ2v) is 8.39. The second kappa shape index (κ2) is 8.06. The number of aromatic hydroxyl groups is 1.